The van der Waals surface area contributed by atoms with Crippen LogP contribution in [0.15, 0.2) is 54.6 Å². The molecule has 1 spiro atoms. The smallest absolute Gasteiger partial charge is 0.309 e. The second-order valence-corrected chi connectivity index (χ2v) is 7.42. The number of aliphatic carboxylic acids is 1. The zero-order chi connectivity index (χ0) is 17.9. The molecule has 2 fully saturated rings. The number of carbonyl (C=O) groups excluding carboxylic acids is 1. The number of rotatable bonds is 2. The molecule has 1 amide bonds. The average Bonchev–Trinajstić information content (AvgIpc) is 3.29. The minimum Gasteiger partial charge on any atom is -0.481 e. The first-order valence-corrected chi connectivity index (χ1v) is 9.11. The lowest BCUT2D eigenvalue weighted by Crippen LogP contribution is -2.52. The van der Waals surface area contributed by atoms with Gasteiger partial charge in [-0.2, -0.15) is 0 Å². The molecule has 5 nitrogen and oxygen atoms in total. The third-order valence-electron chi connectivity index (χ3n) is 6.36. The van der Waals surface area contributed by atoms with Crippen molar-refractivity contribution in [1.82, 2.24) is 4.90 Å². The minimum atomic E-state index is -1.12. The van der Waals surface area contributed by atoms with Crippen molar-refractivity contribution in [3.63, 3.8) is 0 Å². The Kier molecular flexibility index (Phi) is 3.25. The molecule has 2 N–H and O–H groups in total. The SMILES string of the molecule is O=C(O)[C@@H]1[C@@H](c2ccccc2)[C@H]2CCCN2[C@@]12C(=O)Nc1ccccc12. The van der Waals surface area contributed by atoms with Gasteiger partial charge in [0.15, 0.2) is 0 Å². The Morgan fingerprint density at radius 3 is 2.62 bits per heavy atom. The van der Waals surface area contributed by atoms with Gasteiger partial charge >= 0.3 is 5.97 Å². The molecule has 0 radical (unpaired) electrons. The number of para-hydroxylation sites is 1. The van der Waals surface area contributed by atoms with Crippen LogP contribution in [0.1, 0.15) is 29.9 Å². The Labute approximate surface area is 151 Å². The van der Waals surface area contributed by atoms with Crippen LogP contribution >= 0.6 is 0 Å². The Hall–Kier alpha value is -2.66. The van der Waals surface area contributed by atoms with Crippen molar-refractivity contribution in [3.8, 4) is 0 Å². The van der Waals surface area contributed by atoms with E-state index in [1.54, 1.807) is 0 Å². The van der Waals surface area contributed by atoms with Gasteiger partial charge in [0.2, 0.25) is 0 Å². The molecule has 4 atom stereocenters. The Balaban J connectivity index is 1.78. The largest absolute Gasteiger partial charge is 0.481 e. The van der Waals surface area contributed by atoms with E-state index in [1.807, 2.05) is 54.6 Å². The number of fused-ring (bicyclic) bond motifs is 4. The quantitative estimate of drug-likeness (QED) is 0.876. The molecule has 2 aromatic carbocycles. The summed E-state index contributed by atoms with van der Waals surface area (Å²) in [6.45, 7) is 0.750. The van der Waals surface area contributed by atoms with Crippen molar-refractivity contribution in [1.29, 1.82) is 0 Å². The lowest BCUT2D eigenvalue weighted by atomic mass is 9.72. The average molecular weight is 348 g/mol. The van der Waals surface area contributed by atoms with E-state index in [0.717, 1.165) is 36.2 Å². The maximum absolute atomic E-state index is 13.3. The van der Waals surface area contributed by atoms with Gasteiger partial charge < -0.3 is 10.4 Å². The van der Waals surface area contributed by atoms with E-state index < -0.39 is 17.4 Å². The lowest BCUT2D eigenvalue weighted by molar-refractivity contribution is -0.150. The zero-order valence-electron chi connectivity index (χ0n) is 14.3. The Morgan fingerprint density at radius 1 is 1.12 bits per heavy atom. The predicted octanol–water partition coefficient (Wildman–Crippen LogP) is 2.80. The van der Waals surface area contributed by atoms with Gasteiger partial charge in [-0.25, -0.2) is 0 Å². The molecule has 5 rings (SSSR count). The van der Waals surface area contributed by atoms with Gasteiger partial charge in [-0.1, -0.05) is 48.5 Å². The van der Waals surface area contributed by atoms with Crippen LogP contribution in [0.2, 0.25) is 0 Å². The molecule has 0 aromatic heterocycles. The van der Waals surface area contributed by atoms with E-state index in [0.29, 0.717) is 0 Å². The summed E-state index contributed by atoms with van der Waals surface area (Å²) in [5.74, 6) is -2.11. The van der Waals surface area contributed by atoms with Crippen molar-refractivity contribution in [3.05, 3.63) is 65.7 Å². The van der Waals surface area contributed by atoms with Crippen molar-refractivity contribution >= 4 is 17.6 Å². The highest BCUT2D eigenvalue weighted by Gasteiger charge is 2.69. The molecule has 5 heteroatoms. The summed E-state index contributed by atoms with van der Waals surface area (Å²) in [6, 6.07) is 17.4. The summed E-state index contributed by atoms with van der Waals surface area (Å²) in [4.78, 5) is 28.0. The number of amides is 1. The fraction of sp³-hybridized carbons (Fsp3) is 0.333. The molecular weight excluding hydrogens is 328 g/mol. The van der Waals surface area contributed by atoms with Crippen molar-refractivity contribution in [2.24, 2.45) is 5.92 Å². The number of hydrogen-bond donors (Lipinski definition) is 2. The number of nitrogens with one attached hydrogen (secondary N) is 1. The first-order chi connectivity index (χ1) is 12.7. The van der Waals surface area contributed by atoms with Crippen LogP contribution in [0, 0.1) is 5.92 Å². The monoisotopic (exact) mass is 348 g/mol. The van der Waals surface area contributed by atoms with Crippen LogP contribution in [0.5, 0.6) is 0 Å². The molecule has 3 aliphatic rings. The summed E-state index contributed by atoms with van der Waals surface area (Å²) >= 11 is 0. The summed E-state index contributed by atoms with van der Waals surface area (Å²) < 4.78 is 0. The van der Waals surface area contributed by atoms with E-state index >= 15 is 0 Å². The van der Waals surface area contributed by atoms with Gasteiger partial charge in [-0.05, 0) is 31.0 Å². The summed E-state index contributed by atoms with van der Waals surface area (Å²) in [5, 5.41) is 13.2. The van der Waals surface area contributed by atoms with Crippen LogP contribution in [0.4, 0.5) is 5.69 Å². The molecule has 26 heavy (non-hydrogen) atoms. The number of hydrogen-bond acceptors (Lipinski definition) is 3. The fourth-order valence-electron chi connectivity index (χ4n) is 5.54. The van der Waals surface area contributed by atoms with E-state index in [4.69, 9.17) is 0 Å². The Bertz CT molecular complexity index is 897. The maximum atomic E-state index is 13.3. The molecule has 0 bridgehead atoms. The number of benzene rings is 2. The first kappa shape index (κ1) is 15.6. The molecule has 3 aliphatic heterocycles. The van der Waals surface area contributed by atoms with Crippen LogP contribution in [-0.4, -0.2) is 34.5 Å². The topological polar surface area (TPSA) is 69.6 Å². The van der Waals surface area contributed by atoms with Crippen molar-refractivity contribution in [2.45, 2.75) is 30.3 Å². The van der Waals surface area contributed by atoms with Gasteiger partial charge in [0.05, 0.1) is 5.92 Å². The minimum absolute atomic E-state index is 0.0652. The van der Waals surface area contributed by atoms with Gasteiger partial charge in [0.1, 0.15) is 5.54 Å². The molecule has 3 heterocycles. The summed E-state index contributed by atoms with van der Waals surface area (Å²) in [6.07, 6.45) is 1.90. The lowest BCUT2D eigenvalue weighted by Gasteiger charge is -2.35. The highest BCUT2D eigenvalue weighted by atomic mass is 16.4. The number of carboxylic acid groups (broad SMARTS) is 1. The fourth-order valence-corrected chi connectivity index (χ4v) is 5.54. The van der Waals surface area contributed by atoms with Crippen molar-refractivity contribution in [2.75, 3.05) is 11.9 Å². The normalized spacial score (nSPS) is 32.5. The van der Waals surface area contributed by atoms with Crippen LogP contribution in [0.3, 0.4) is 0 Å². The van der Waals surface area contributed by atoms with Crippen LogP contribution in [0.25, 0.3) is 0 Å². The van der Waals surface area contributed by atoms with Gasteiger partial charge in [-0.15, -0.1) is 0 Å². The highest BCUT2D eigenvalue weighted by molar-refractivity contribution is 6.09. The van der Waals surface area contributed by atoms with E-state index in [2.05, 4.69) is 10.2 Å². The van der Waals surface area contributed by atoms with Gasteiger partial charge in [0.25, 0.3) is 5.91 Å². The molecule has 0 unspecified atom stereocenters. The van der Waals surface area contributed by atoms with E-state index in [-0.39, 0.29) is 17.9 Å². The third-order valence-corrected chi connectivity index (χ3v) is 6.36. The highest BCUT2D eigenvalue weighted by Crippen LogP contribution is 2.60. The number of carbonyl (C=O) groups is 2. The number of anilines is 1. The zero-order valence-corrected chi connectivity index (χ0v) is 14.3. The van der Waals surface area contributed by atoms with E-state index in [9.17, 15) is 14.7 Å². The molecule has 132 valence electrons. The first-order valence-electron chi connectivity index (χ1n) is 9.11. The number of carboxylic acids is 1. The third kappa shape index (κ3) is 1.78. The van der Waals surface area contributed by atoms with Gasteiger partial charge in [0, 0.05) is 23.2 Å². The maximum Gasteiger partial charge on any atom is 0.309 e. The standard InChI is InChI=1S/C21H20N2O3/c24-19(25)18-17(13-7-2-1-3-8-13)16-11-6-12-23(16)21(18)14-9-4-5-10-15(14)22-20(21)26/h1-5,7-10,16-18H,6,11-12H2,(H,22,26)(H,24,25)/t16-,17+,18+,21-/m1/s1. The molecule has 0 saturated carbocycles. The second kappa shape index (κ2) is 5.42. The summed E-state index contributed by atoms with van der Waals surface area (Å²) in [7, 11) is 0. The second-order valence-electron chi connectivity index (χ2n) is 7.42. The van der Waals surface area contributed by atoms with Crippen LogP contribution in [-0.2, 0) is 15.1 Å². The molecule has 0 aliphatic carbocycles. The molecule has 2 aromatic rings. The summed E-state index contributed by atoms with van der Waals surface area (Å²) in [5.41, 5.74) is 1.43. The van der Waals surface area contributed by atoms with Crippen LogP contribution < -0.4 is 5.32 Å². The Morgan fingerprint density at radius 2 is 1.85 bits per heavy atom. The van der Waals surface area contributed by atoms with Crippen molar-refractivity contribution < 1.29 is 14.7 Å². The number of nitrogens with zero attached hydrogens (tertiary/aromatic N) is 1. The van der Waals surface area contributed by atoms with Gasteiger partial charge in [-0.3, -0.25) is 14.5 Å². The molecular formula is C21H20N2O3. The predicted molar refractivity (Wildman–Crippen MR) is 96.8 cm³/mol. The van der Waals surface area contributed by atoms with E-state index in [1.165, 1.54) is 0 Å². The molecule has 2 saturated heterocycles.